The van der Waals surface area contributed by atoms with Crippen LogP contribution in [0.2, 0.25) is 0 Å². The Morgan fingerprint density at radius 1 is 1.38 bits per heavy atom. The molecule has 3 aromatic rings. The minimum absolute atomic E-state index is 1.01. The van der Waals surface area contributed by atoms with Gasteiger partial charge in [0.15, 0.2) is 0 Å². The van der Waals surface area contributed by atoms with E-state index < -0.39 is 0 Å². The number of nitrogens with zero attached hydrogens (tertiary/aromatic N) is 2. The molecule has 0 fully saturated rings. The van der Waals surface area contributed by atoms with Crippen LogP contribution in [0.3, 0.4) is 0 Å². The number of nitrogens with one attached hydrogen (secondary N) is 1. The van der Waals surface area contributed by atoms with Crippen molar-refractivity contribution in [2.24, 2.45) is 7.05 Å². The minimum atomic E-state index is 1.01. The summed E-state index contributed by atoms with van der Waals surface area (Å²) in [6.45, 7) is 2.00. The van der Waals surface area contributed by atoms with Crippen molar-refractivity contribution in [3.8, 4) is 11.3 Å². The fraction of sp³-hybridized carbons (Fsp3) is 0.154. The Bertz CT molecular complexity index is 646. The first kappa shape index (κ1) is 9.21. The number of fused-ring (bicyclic) bond motifs is 1. The fourth-order valence-corrected chi connectivity index (χ4v) is 1.97. The molecule has 0 atom stereocenters. The van der Waals surface area contributed by atoms with Crippen LogP contribution in [0.25, 0.3) is 22.2 Å². The Hall–Kier alpha value is -2.03. The van der Waals surface area contributed by atoms with E-state index in [1.165, 1.54) is 5.39 Å². The molecule has 0 unspecified atom stereocenters. The van der Waals surface area contributed by atoms with E-state index in [-0.39, 0.29) is 0 Å². The highest BCUT2D eigenvalue weighted by Crippen LogP contribution is 2.27. The second-order valence-corrected chi connectivity index (χ2v) is 3.91. The third kappa shape index (κ3) is 1.18. The molecule has 79 valence electrons. The first-order valence-corrected chi connectivity index (χ1v) is 5.24. The molecule has 0 aliphatic carbocycles. The summed E-state index contributed by atoms with van der Waals surface area (Å²) in [6.07, 6.45) is 3.85. The number of hydrogen-bond donors (Lipinski definition) is 1. The van der Waals surface area contributed by atoms with Crippen molar-refractivity contribution in [1.82, 2.24) is 14.5 Å². The molecule has 0 aliphatic rings. The van der Waals surface area contributed by atoms with Crippen LogP contribution in [0.15, 0.2) is 30.6 Å². The first-order chi connectivity index (χ1) is 7.77. The Morgan fingerprint density at radius 2 is 2.25 bits per heavy atom. The molecule has 0 aliphatic heterocycles. The Balaban J connectivity index is 2.33. The van der Waals surface area contributed by atoms with Crippen LogP contribution in [0, 0.1) is 13.0 Å². The summed E-state index contributed by atoms with van der Waals surface area (Å²) in [7, 11) is 2.02. The summed E-state index contributed by atoms with van der Waals surface area (Å²) in [4.78, 5) is 7.52. The van der Waals surface area contributed by atoms with E-state index in [4.69, 9.17) is 0 Å². The van der Waals surface area contributed by atoms with Gasteiger partial charge in [-0.3, -0.25) is 0 Å². The number of rotatable bonds is 1. The van der Waals surface area contributed by atoms with Gasteiger partial charge in [-0.1, -0.05) is 6.07 Å². The van der Waals surface area contributed by atoms with E-state index in [0.717, 1.165) is 22.6 Å². The van der Waals surface area contributed by atoms with Gasteiger partial charge in [-0.05, 0) is 25.1 Å². The molecule has 2 aromatic heterocycles. The van der Waals surface area contributed by atoms with Gasteiger partial charge in [-0.15, -0.1) is 0 Å². The minimum Gasteiger partial charge on any atom is -0.361 e. The summed E-state index contributed by atoms with van der Waals surface area (Å²) in [6, 6.07) is 9.33. The predicted octanol–water partition coefficient (Wildman–Crippen LogP) is 2.68. The average Bonchev–Trinajstić information content (AvgIpc) is 2.87. The lowest BCUT2D eigenvalue weighted by atomic mass is 10.1. The smallest absolute Gasteiger partial charge is 0.105 e. The van der Waals surface area contributed by atoms with Crippen molar-refractivity contribution < 1.29 is 0 Å². The highest BCUT2D eigenvalue weighted by Gasteiger charge is 2.09. The van der Waals surface area contributed by atoms with Crippen molar-refractivity contribution in [1.29, 1.82) is 0 Å². The average molecular weight is 210 g/mol. The zero-order valence-electron chi connectivity index (χ0n) is 9.28. The van der Waals surface area contributed by atoms with Crippen LogP contribution in [0.5, 0.6) is 0 Å². The molecular weight excluding hydrogens is 198 g/mol. The quantitative estimate of drug-likeness (QED) is 0.658. The molecule has 16 heavy (non-hydrogen) atoms. The molecular formula is C13H12N3. The number of aryl methyl sites for hydroxylation is 1. The van der Waals surface area contributed by atoms with Gasteiger partial charge < -0.3 is 9.55 Å². The Kier molecular flexibility index (Phi) is 1.86. The zero-order chi connectivity index (χ0) is 11.1. The molecule has 0 bridgehead atoms. The lowest BCUT2D eigenvalue weighted by molar-refractivity contribution is 0.865. The molecule has 0 amide bonds. The van der Waals surface area contributed by atoms with Crippen molar-refractivity contribution in [2.45, 2.75) is 6.92 Å². The fourth-order valence-electron chi connectivity index (χ4n) is 1.97. The van der Waals surface area contributed by atoms with E-state index in [2.05, 4.69) is 26.7 Å². The summed E-state index contributed by atoms with van der Waals surface area (Å²) < 4.78 is 2.08. The monoisotopic (exact) mass is 210 g/mol. The van der Waals surface area contributed by atoms with Gasteiger partial charge >= 0.3 is 0 Å². The zero-order valence-corrected chi connectivity index (χ0v) is 9.28. The maximum absolute atomic E-state index is 4.32. The van der Waals surface area contributed by atoms with Gasteiger partial charge in [0.05, 0.1) is 11.9 Å². The van der Waals surface area contributed by atoms with Crippen molar-refractivity contribution >= 4 is 10.9 Å². The van der Waals surface area contributed by atoms with Gasteiger partial charge in [0.25, 0.3) is 0 Å². The number of aromatic amines is 1. The summed E-state index contributed by atoms with van der Waals surface area (Å²) >= 11 is 0. The van der Waals surface area contributed by atoms with Crippen LogP contribution >= 0.6 is 0 Å². The van der Waals surface area contributed by atoms with Gasteiger partial charge in [0.1, 0.15) is 5.82 Å². The van der Waals surface area contributed by atoms with E-state index in [9.17, 15) is 0 Å². The molecule has 0 saturated carbocycles. The van der Waals surface area contributed by atoms with Crippen LogP contribution in [0.4, 0.5) is 0 Å². The number of benzene rings is 1. The van der Waals surface area contributed by atoms with E-state index >= 15 is 0 Å². The van der Waals surface area contributed by atoms with Crippen molar-refractivity contribution in [2.75, 3.05) is 0 Å². The maximum atomic E-state index is 4.32. The number of aromatic nitrogens is 3. The molecule has 3 nitrogen and oxygen atoms in total. The van der Waals surface area contributed by atoms with E-state index in [1.807, 2.05) is 38.5 Å². The highest BCUT2D eigenvalue weighted by atomic mass is 15.0. The molecule has 0 saturated heterocycles. The van der Waals surface area contributed by atoms with E-state index in [1.54, 1.807) is 0 Å². The van der Waals surface area contributed by atoms with Gasteiger partial charge in [0.2, 0.25) is 0 Å². The summed E-state index contributed by atoms with van der Waals surface area (Å²) in [5.41, 5.74) is 3.33. The summed E-state index contributed by atoms with van der Waals surface area (Å²) in [5, 5.41) is 1.19. The lowest BCUT2D eigenvalue weighted by Crippen LogP contribution is -1.94. The maximum Gasteiger partial charge on any atom is 0.105 e. The normalized spacial score (nSPS) is 11.1. The highest BCUT2D eigenvalue weighted by molar-refractivity contribution is 5.93. The van der Waals surface area contributed by atoms with Crippen LogP contribution in [-0.4, -0.2) is 14.5 Å². The van der Waals surface area contributed by atoms with Crippen molar-refractivity contribution in [3.63, 3.8) is 0 Å². The van der Waals surface area contributed by atoms with Crippen LogP contribution < -0.4 is 0 Å². The molecule has 1 radical (unpaired) electrons. The molecule has 0 spiro atoms. The van der Waals surface area contributed by atoms with Gasteiger partial charge in [-0.2, -0.15) is 0 Å². The third-order valence-electron chi connectivity index (χ3n) is 3.00. The topological polar surface area (TPSA) is 33.6 Å². The van der Waals surface area contributed by atoms with Gasteiger partial charge in [0, 0.05) is 29.7 Å². The second-order valence-electron chi connectivity index (χ2n) is 3.91. The molecule has 3 heteroatoms. The lowest BCUT2D eigenvalue weighted by Gasteiger charge is -2.04. The molecule has 3 rings (SSSR count). The molecule has 2 heterocycles. The Morgan fingerprint density at radius 3 is 3.00 bits per heavy atom. The number of imidazole rings is 1. The number of hydrogen-bond acceptors (Lipinski definition) is 1. The SMILES string of the molecule is Cc1ncc(-c2[c]ccc3[nH]ccc23)n1C. The largest absolute Gasteiger partial charge is 0.361 e. The predicted molar refractivity (Wildman–Crippen MR) is 64.1 cm³/mol. The van der Waals surface area contributed by atoms with Gasteiger partial charge in [-0.25, -0.2) is 4.98 Å². The van der Waals surface area contributed by atoms with Crippen molar-refractivity contribution in [3.05, 3.63) is 42.5 Å². The summed E-state index contributed by atoms with van der Waals surface area (Å²) in [5.74, 6) is 1.01. The Labute approximate surface area is 93.7 Å². The van der Waals surface area contributed by atoms with E-state index in [0.29, 0.717) is 0 Å². The van der Waals surface area contributed by atoms with Crippen LogP contribution in [-0.2, 0) is 7.05 Å². The first-order valence-electron chi connectivity index (χ1n) is 5.24. The number of H-pyrrole nitrogens is 1. The molecule has 1 N–H and O–H groups in total. The molecule has 1 aromatic carbocycles. The third-order valence-corrected chi connectivity index (χ3v) is 3.00. The van der Waals surface area contributed by atoms with Crippen LogP contribution in [0.1, 0.15) is 5.82 Å². The second kappa shape index (κ2) is 3.23. The standard InChI is InChI=1S/C13H12N3/c1-9-15-8-13(16(9)2)11-4-3-5-12-10(11)6-7-14-12/h3,5-8,14H,1-2H3.